The molecular weight excluding hydrogens is 478 g/mol. The quantitative estimate of drug-likeness (QED) is 0.493. The maximum Gasteiger partial charge on any atom is 0.266 e. The summed E-state index contributed by atoms with van der Waals surface area (Å²) in [6.45, 7) is 2.91. The van der Waals surface area contributed by atoms with Crippen LogP contribution in [0.2, 0.25) is 0 Å². The predicted molar refractivity (Wildman–Crippen MR) is 125 cm³/mol. The van der Waals surface area contributed by atoms with Crippen LogP contribution in [0.3, 0.4) is 0 Å². The molecule has 0 radical (unpaired) electrons. The molecule has 11 nitrogen and oxygen atoms in total. The summed E-state index contributed by atoms with van der Waals surface area (Å²) in [5, 5.41) is 0.204. The van der Waals surface area contributed by atoms with Gasteiger partial charge < -0.3 is 9.64 Å². The molecule has 178 valence electrons. The summed E-state index contributed by atoms with van der Waals surface area (Å²) >= 11 is 1.24. The number of carbonyl (C=O) groups is 1. The fourth-order valence-corrected chi connectivity index (χ4v) is 5.92. The summed E-state index contributed by atoms with van der Waals surface area (Å²) in [5.41, 5.74) is 1.14. The van der Waals surface area contributed by atoms with Gasteiger partial charge in [-0.2, -0.15) is 0 Å². The van der Waals surface area contributed by atoms with Crippen LogP contribution >= 0.6 is 11.3 Å². The van der Waals surface area contributed by atoms with Crippen LogP contribution in [0.4, 0.5) is 5.95 Å². The van der Waals surface area contributed by atoms with Crippen LogP contribution in [0.5, 0.6) is 5.88 Å². The second-order valence-electron chi connectivity index (χ2n) is 8.01. The van der Waals surface area contributed by atoms with E-state index >= 15 is 0 Å². The smallest absolute Gasteiger partial charge is 0.266 e. The van der Waals surface area contributed by atoms with Crippen molar-refractivity contribution in [3.63, 3.8) is 0 Å². The van der Waals surface area contributed by atoms with Crippen LogP contribution in [0, 0.1) is 0 Å². The molecule has 1 atom stereocenters. The van der Waals surface area contributed by atoms with E-state index in [-0.39, 0.29) is 23.1 Å². The normalized spacial score (nSPS) is 18.1. The Kier molecular flexibility index (Phi) is 6.13. The van der Waals surface area contributed by atoms with E-state index in [1.807, 2.05) is 6.92 Å². The van der Waals surface area contributed by atoms with Crippen molar-refractivity contribution in [3.05, 3.63) is 41.4 Å². The van der Waals surface area contributed by atoms with Gasteiger partial charge in [-0.05, 0) is 38.7 Å². The molecule has 1 saturated heterocycles. The van der Waals surface area contributed by atoms with Gasteiger partial charge in [-0.15, -0.1) is 11.3 Å². The highest BCUT2D eigenvalue weighted by atomic mass is 32.2. The molecule has 34 heavy (non-hydrogen) atoms. The Morgan fingerprint density at radius 1 is 1.21 bits per heavy atom. The lowest BCUT2D eigenvalue weighted by molar-refractivity contribution is 0.0737. The number of sulfonamides is 1. The van der Waals surface area contributed by atoms with E-state index in [0.717, 1.165) is 12.8 Å². The van der Waals surface area contributed by atoms with Crippen molar-refractivity contribution < 1.29 is 17.9 Å². The van der Waals surface area contributed by atoms with Crippen LogP contribution in [-0.2, 0) is 10.0 Å². The average Bonchev–Trinajstić information content (AvgIpc) is 3.39. The Morgan fingerprint density at radius 2 is 2.06 bits per heavy atom. The highest BCUT2D eigenvalue weighted by molar-refractivity contribution is 7.93. The zero-order valence-corrected chi connectivity index (χ0v) is 20.0. The van der Waals surface area contributed by atoms with Crippen LogP contribution in [0.25, 0.3) is 10.7 Å². The maximum atomic E-state index is 13.3. The molecule has 1 N–H and O–H groups in total. The van der Waals surface area contributed by atoms with Crippen molar-refractivity contribution in [2.45, 2.75) is 43.9 Å². The molecular formula is C21H23N7O4S2. The zero-order valence-electron chi connectivity index (χ0n) is 18.4. The van der Waals surface area contributed by atoms with Crippen LogP contribution in [0.15, 0.2) is 30.9 Å². The summed E-state index contributed by atoms with van der Waals surface area (Å²) in [4.78, 5) is 36.9. The van der Waals surface area contributed by atoms with Gasteiger partial charge in [0, 0.05) is 12.7 Å². The minimum Gasteiger partial charge on any atom is -0.477 e. The second kappa shape index (κ2) is 9.22. The lowest BCUT2D eigenvalue weighted by Gasteiger charge is -2.23. The van der Waals surface area contributed by atoms with Crippen molar-refractivity contribution in [2.75, 3.05) is 17.9 Å². The first kappa shape index (κ1) is 22.6. The van der Waals surface area contributed by atoms with E-state index in [9.17, 15) is 13.2 Å². The first-order valence-electron chi connectivity index (χ1n) is 11.0. The molecule has 0 unspecified atom stereocenters. The SMILES string of the molecule is CCOc1cncc(-c2ncc(C(=O)N3CCC[C@@H]3c3ccnc(NS(=O)(=O)C4CC4)n3)s2)n1. The third-order valence-electron chi connectivity index (χ3n) is 5.57. The van der Waals surface area contributed by atoms with Gasteiger partial charge in [0.15, 0.2) is 0 Å². The number of rotatable bonds is 8. The summed E-state index contributed by atoms with van der Waals surface area (Å²) in [5.74, 6) is 0.287. The van der Waals surface area contributed by atoms with Gasteiger partial charge in [0.25, 0.3) is 5.91 Å². The highest BCUT2D eigenvalue weighted by Crippen LogP contribution is 2.35. The van der Waals surface area contributed by atoms with E-state index in [1.54, 1.807) is 23.4 Å². The Balaban J connectivity index is 1.34. The molecule has 1 aliphatic carbocycles. The zero-order chi connectivity index (χ0) is 23.7. The van der Waals surface area contributed by atoms with Gasteiger partial charge in [0.05, 0.1) is 42.2 Å². The van der Waals surface area contributed by atoms with E-state index in [2.05, 4.69) is 29.6 Å². The van der Waals surface area contributed by atoms with Crippen molar-refractivity contribution >= 4 is 33.2 Å². The first-order valence-corrected chi connectivity index (χ1v) is 13.4. The van der Waals surface area contributed by atoms with Crippen molar-refractivity contribution in [1.82, 2.24) is 29.8 Å². The Labute approximate surface area is 200 Å². The van der Waals surface area contributed by atoms with Gasteiger partial charge in [-0.1, -0.05) is 0 Å². The summed E-state index contributed by atoms with van der Waals surface area (Å²) in [7, 11) is -3.47. The number of nitrogens with one attached hydrogen (secondary N) is 1. The van der Waals surface area contributed by atoms with Gasteiger partial charge in [0.1, 0.15) is 15.6 Å². The molecule has 0 aromatic carbocycles. The number of anilines is 1. The molecule has 5 rings (SSSR count). The largest absolute Gasteiger partial charge is 0.477 e. The third-order valence-corrected chi connectivity index (χ3v) is 8.39. The fraction of sp³-hybridized carbons (Fsp3) is 0.429. The Hall–Kier alpha value is -3.19. The van der Waals surface area contributed by atoms with Gasteiger partial charge in [0.2, 0.25) is 21.9 Å². The summed E-state index contributed by atoms with van der Waals surface area (Å²) in [6, 6.07) is 1.45. The number of carbonyl (C=O) groups excluding carboxylic acids is 1. The fourth-order valence-electron chi connectivity index (χ4n) is 3.82. The topological polar surface area (TPSA) is 140 Å². The van der Waals surface area contributed by atoms with Crippen molar-refractivity contribution in [2.24, 2.45) is 0 Å². The molecule has 1 saturated carbocycles. The van der Waals surface area contributed by atoms with Crippen LogP contribution < -0.4 is 9.46 Å². The summed E-state index contributed by atoms with van der Waals surface area (Å²) < 4.78 is 32.4. The predicted octanol–water partition coefficient (Wildman–Crippen LogP) is 2.67. The number of hydrogen-bond donors (Lipinski definition) is 1. The molecule has 2 aliphatic rings. The van der Waals surface area contributed by atoms with E-state index < -0.39 is 10.0 Å². The lowest BCUT2D eigenvalue weighted by atomic mass is 10.1. The second-order valence-corrected chi connectivity index (χ2v) is 11.0. The number of ether oxygens (including phenoxy) is 1. The minimum absolute atomic E-state index is 0.0385. The average molecular weight is 502 g/mol. The molecule has 0 spiro atoms. The monoisotopic (exact) mass is 501 g/mol. The maximum absolute atomic E-state index is 13.3. The molecule has 2 fully saturated rings. The van der Waals surface area contributed by atoms with Gasteiger partial charge in [-0.25, -0.2) is 28.4 Å². The lowest BCUT2D eigenvalue weighted by Crippen LogP contribution is -2.30. The van der Waals surface area contributed by atoms with E-state index in [4.69, 9.17) is 4.74 Å². The molecule has 1 amide bonds. The van der Waals surface area contributed by atoms with Gasteiger partial charge in [-0.3, -0.25) is 14.5 Å². The Bertz CT molecular complexity index is 1310. The minimum atomic E-state index is -3.47. The van der Waals surface area contributed by atoms with E-state index in [0.29, 0.717) is 53.1 Å². The van der Waals surface area contributed by atoms with Crippen molar-refractivity contribution in [1.29, 1.82) is 0 Å². The van der Waals surface area contributed by atoms with Crippen LogP contribution in [-0.4, -0.2) is 62.5 Å². The number of hydrogen-bond acceptors (Lipinski definition) is 10. The standard InChI is InChI=1S/C21H23N7O4S2/c1-2-32-18-12-22-10-15(25-18)19-24-11-17(33-19)20(29)28-9-3-4-16(28)14-7-8-23-21(26-14)27-34(30,31)13-5-6-13/h7-8,10-13,16H,2-6,9H2,1H3,(H,23,26,27)/t16-/m1/s1. The number of likely N-dealkylation sites (tertiary alicyclic amines) is 1. The number of nitrogens with zero attached hydrogens (tertiary/aromatic N) is 6. The summed E-state index contributed by atoms with van der Waals surface area (Å²) in [6.07, 6.45) is 9.02. The van der Waals surface area contributed by atoms with Gasteiger partial charge >= 0.3 is 0 Å². The molecule has 3 aromatic rings. The first-order chi connectivity index (χ1) is 16.4. The van der Waals surface area contributed by atoms with Crippen LogP contribution in [0.1, 0.15) is 54.0 Å². The number of amides is 1. The molecule has 4 heterocycles. The molecule has 0 bridgehead atoms. The highest BCUT2D eigenvalue weighted by Gasteiger charge is 2.37. The van der Waals surface area contributed by atoms with E-state index in [1.165, 1.54) is 23.7 Å². The molecule has 1 aliphatic heterocycles. The third kappa shape index (κ3) is 4.71. The molecule has 3 aromatic heterocycles. The number of thiazole rings is 1. The number of aromatic nitrogens is 5. The molecule has 13 heteroatoms. The van der Waals surface area contributed by atoms with Crippen molar-refractivity contribution in [3.8, 4) is 16.6 Å². The Morgan fingerprint density at radius 3 is 2.85 bits per heavy atom.